The first-order valence-corrected chi connectivity index (χ1v) is 10.6. The average Bonchev–Trinajstić information content (AvgIpc) is 3.16. The number of anilines is 2. The molecule has 168 valence electrons. The summed E-state index contributed by atoms with van der Waals surface area (Å²) >= 11 is 0. The minimum atomic E-state index is -0.468. The Bertz CT molecular complexity index is 1190. The lowest BCUT2D eigenvalue weighted by Gasteiger charge is -2.15. The third kappa shape index (κ3) is 5.08. The Labute approximate surface area is 191 Å². The van der Waals surface area contributed by atoms with Crippen LogP contribution in [0.15, 0.2) is 72.8 Å². The predicted octanol–water partition coefficient (Wildman–Crippen LogP) is 3.65. The first-order chi connectivity index (χ1) is 16.1. The van der Waals surface area contributed by atoms with E-state index in [1.54, 1.807) is 6.07 Å². The van der Waals surface area contributed by atoms with Crippen LogP contribution >= 0.6 is 0 Å². The number of carbonyl (C=O) groups is 1. The van der Waals surface area contributed by atoms with Crippen LogP contribution in [0.25, 0.3) is 11.3 Å². The topological polar surface area (TPSA) is 117 Å². The Morgan fingerprint density at radius 3 is 2.45 bits per heavy atom. The fraction of sp³-hybridized carbons (Fsp3) is 0.160. The molecule has 8 heteroatoms. The van der Waals surface area contributed by atoms with E-state index in [0.717, 1.165) is 29.8 Å². The number of hydrogen-bond acceptors (Lipinski definition) is 6. The molecule has 4 rings (SSSR count). The van der Waals surface area contributed by atoms with Crippen LogP contribution in [-0.4, -0.2) is 35.6 Å². The van der Waals surface area contributed by atoms with E-state index in [2.05, 4.69) is 16.0 Å². The third-order valence-electron chi connectivity index (χ3n) is 5.37. The number of amides is 1. The summed E-state index contributed by atoms with van der Waals surface area (Å²) < 4.78 is 0. The van der Waals surface area contributed by atoms with Gasteiger partial charge in [-0.1, -0.05) is 42.5 Å². The fourth-order valence-corrected chi connectivity index (χ4v) is 3.74. The molecule has 0 spiro atoms. The number of rotatable bonds is 9. The van der Waals surface area contributed by atoms with E-state index < -0.39 is 4.92 Å². The summed E-state index contributed by atoms with van der Waals surface area (Å²) in [6, 6.07) is 21.7. The van der Waals surface area contributed by atoms with Gasteiger partial charge >= 0.3 is 0 Å². The van der Waals surface area contributed by atoms with Crippen LogP contribution in [0.4, 0.5) is 17.1 Å². The second-order valence-electron chi connectivity index (χ2n) is 7.60. The van der Waals surface area contributed by atoms with Crippen molar-refractivity contribution < 1.29 is 14.8 Å². The number of non-ortho nitro benzene ring substituents is 1. The monoisotopic (exact) mass is 444 g/mol. The van der Waals surface area contributed by atoms with Gasteiger partial charge in [0.25, 0.3) is 11.6 Å². The van der Waals surface area contributed by atoms with Gasteiger partial charge in [0, 0.05) is 35.6 Å². The highest BCUT2D eigenvalue weighted by molar-refractivity contribution is 6.37. The van der Waals surface area contributed by atoms with Gasteiger partial charge in [0.1, 0.15) is 0 Å². The first kappa shape index (κ1) is 22.2. The van der Waals surface area contributed by atoms with Gasteiger partial charge in [0.15, 0.2) is 0 Å². The number of aliphatic hydroxyl groups excluding tert-OH is 1. The van der Waals surface area contributed by atoms with Crippen LogP contribution in [0.5, 0.6) is 0 Å². The van der Waals surface area contributed by atoms with Crippen molar-refractivity contribution in [3.05, 3.63) is 99.6 Å². The molecular formula is C25H24N4O4. The van der Waals surface area contributed by atoms with Crippen LogP contribution in [0.2, 0.25) is 0 Å². The molecule has 1 heterocycles. The van der Waals surface area contributed by atoms with E-state index in [1.165, 1.54) is 12.1 Å². The van der Waals surface area contributed by atoms with Crippen molar-refractivity contribution in [3.63, 3.8) is 0 Å². The Balaban J connectivity index is 1.70. The smallest absolute Gasteiger partial charge is 0.270 e. The van der Waals surface area contributed by atoms with Gasteiger partial charge in [0.2, 0.25) is 0 Å². The number of nitro benzene ring substituents is 1. The largest absolute Gasteiger partial charge is 0.395 e. The summed E-state index contributed by atoms with van der Waals surface area (Å²) in [6.45, 7) is 1.44. The average molecular weight is 444 g/mol. The van der Waals surface area contributed by atoms with E-state index in [-0.39, 0.29) is 18.2 Å². The maximum absolute atomic E-state index is 12.9. The van der Waals surface area contributed by atoms with Crippen molar-refractivity contribution in [2.24, 2.45) is 0 Å². The van der Waals surface area contributed by atoms with Gasteiger partial charge in [-0.2, -0.15) is 0 Å². The molecule has 0 saturated heterocycles. The van der Waals surface area contributed by atoms with Crippen molar-refractivity contribution in [1.82, 2.24) is 5.32 Å². The van der Waals surface area contributed by atoms with Crippen LogP contribution in [-0.2, 0) is 11.2 Å². The van der Waals surface area contributed by atoms with Gasteiger partial charge in [-0.05, 0) is 42.3 Å². The Morgan fingerprint density at radius 2 is 1.76 bits per heavy atom. The highest BCUT2D eigenvalue weighted by Crippen LogP contribution is 2.39. The van der Waals surface area contributed by atoms with Crippen molar-refractivity contribution in [3.8, 4) is 0 Å². The van der Waals surface area contributed by atoms with Crippen LogP contribution in [0.3, 0.4) is 0 Å². The molecule has 0 radical (unpaired) electrons. The molecule has 4 N–H and O–H groups in total. The number of benzene rings is 3. The Hall–Kier alpha value is -4.01. The summed E-state index contributed by atoms with van der Waals surface area (Å²) in [5, 5.41) is 29.5. The molecule has 0 bridgehead atoms. The van der Waals surface area contributed by atoms with E-state index in [1.807, 2.05) is 54.6 Å². The number of aliphatic hydroxyl groups is 1. The van der Waals surface area contributed by atoms with Gasteiger partial charge in [-0.25, -0.2) is 0 Å². The van der Waals surface area contributed by atoms with E-state index in [0.29, 0.717) is 29.1 Å². The first-order valence-electron chi connectivity index (χ1n) is 10.6. The van der Waals surface area contributed by atoms with Gasteiger partial charge < -0.3 is 21.1 Å². The zero-order valence-corrected chi connectivity index (χ0v) is 17.9. The highest BCUT2D eigenvalue weighted by Gasteiger charge is 2.30. The molecule has 0 fully saturated rings. The third-order valence-corrected chi connectivity index (χ3v) is 5.37. The van der Waals surface area contributed by atoms with E-state index >= 15 is 0 Å². The number of fused-ring (bicyclic) bond motifs is 1. The summed E-state index contributed by atoms with van der Waals surface area (Å²) in [5.74, 6) is -0.316. The van der Waals surface area contributed by atoms with Gasteiger partial charge in [-0.3, -0.25) is 14.9 Å². The Morgan fingerprint density at radius 1 is 1.00 bits per heavy atom. The summed E-state index contributed by atoms with van der Waals surface area (Å²) in [5.41, 5.74) is 4.61. The molecule has 3 aromatic carbocycles. The van der Waals surface area contributed by atoms with Crippen molar-refractivity contribution in [2.75, 3.05) is 30.3 Å². The number of nitrogens with one attached hydrogen (secondary N) is 3. The second-order valence-corrected chi connectivity index (χ2v) is 7.60. The molecule has 33 heavy (non-hydrogen) atoms. The molecule has 1 amide bonds. The number of nitrogens with zero attached hydrogens (tertiary/aromatic N) is 1. The minimum absolute atomic E-state index is 0.0747. The summed E-state index contributed by atoms with van der Waals surface area (Å²) in [6.07, 6.45) is 0.826. The normalized spacial score (nSPS) is 13.9. The molecule has 0 unspecified atom stereocenters. The SMILES string of the molecule is O=C1Nc2ccc([N+](=O)[O-])cc2C1=C(Nc1ccc(CCNCCO)cc1)c1ccccc1. The number of hydrogen-bond donors (Lipinski definition) is 4. The second kappa shape index (κ2) is 10.1. The molecular weight excluding hydrogens is 420 g/mol. The maximum Gasteiger partial charge on any atom is 0.270 e. The van der Waals surface area contributed by atoms with Gasteiger partial charge in [-0.15, -0.1) is 0 Å². The lowest BCUT2D eigenvalue weighted by atomic mass is 9.99. The quantitative estimate of drug-likeness (QED) is 0.173. The standard InChI is InChI=1S/C25H24N4O4/c30-15-14-26-13-12-17-6-8-19(9-7-17)27-24(18-4-2-1-3-5-18)23-21-16-20(29(32)33)10-11-22(21)28-25(23)31/h1-11,16,26-27,30H,12-15H2,(H,28,31). The minimum Gasteiger partial charge on any atom is -0.395 e. The highest BCUT2D eigenvalue weighted by atomic mass is 16.6. The van der Waals surface area contributed by atoms with Crippen molar-refractivity contribution in [1.29, 1.82) is 0 Å². The molecule has 0 aromatic heterocycles. The van der Waals surface area contributed by atoms with E-state index in [9.17, 15) is 14.9 Å². The molecule has 1 aliphatic rings. The predicted molar refractivity (Wildman–Crippen MR) is 129 cm³/mol. The molecule has 0 aliphatic carbocycles. The molecule has 3 aromatic rings. The van der Waals surface area contributed by atoms with Crippen LogP contribution in [0, 0.1) is 10.1 Å². The van der Waals surface area contributed by atoms with Crippen molar-refractivity contribution >= 4 is 34.2 Å². The lowest BCUT2D eigenvalue weighted by molar-refractivity contribution is -0.384. The summed E-state index contributed by atoms with van der Waals surface area (Å²) in [7, 11) is 0. The Kier molecular flexibility index (Phi) is 6.77. The molecule has 1 aliphatic heterocycles. The van der Waals surface area contributed by atoms with Gasteiger partial charge in [0.05, 0.1) is 22.8 Å². The lowest BCUT2D eigenvalue weighted by Crippen LogP contribution is -2.20. The molecule has 0 saturated carbocycles. The molecule has 0 atom stereocenters. The number of nitro groups is 1. The summed E-state index contributed by atoms with van der Waals surface area (Å²) in [4.78, 5) is 23.8. The van der Waals surface area contributed by atoms with Crippen LogP contribution < -0.4 is 16.0 Å². The zero-order chi connectivity index (χ0) is 23.2. The molecule has 8 nitrogen and oxygen atoms in total. The van der Waals surface area contributed by atoms with Crippen molar-refractivity contribution in [2.45, 2.75) is 6.42 Å². The van der Waals surface area contributed by atoms with E-state index in [4.69, 9.17) is 5.11 Å². The maximum atomic E-state index is 12.9. The van der Waals surface area contributed by atoms with Crippen LogP contribution in [0.1, 0.15) is 16.7 Å². The fourth-order valence-electron chi connectivity index (χ4n) is 3.74. The number of carbonyl (C=O) groups excluding carboxylic acids is 1. The zero-order valence-electron chi connectivity index (χ0n) is 17.9.